The van der Waals surface area contributed by atoms with E-state index in [0.29, 0.717) is 12.0 Å². The molecule has 0 bridgehead atoms. The molecule has 15 nitrogen and oxygen atoms in total. The van der Waals surface area contributed by atoms with Crippen molar-refractivity contribution >= 4 is 46.5 Å². The Kier molecular flexibility index (Phi) is 11.2. The number of para-hydroxylation sites is 1. The summed E-state index contributed by atoms with van der Waals surface area (Å²) in [6.45, 7) is 1.48. The zero-order valence-corrected chi connectivity index (χ0v) is 21.3. The van der Waals surface area contributed by atoms with Gasteiger partial charge in [0.15, 0.2) is 5.96 Å². The molecule has 0 aliphatic rings. The summed E-state index contributed by atoms with van der Waals surface area (Å²) in [5, 5.41) is 26.3. The summed E-state index contributed by atoms with van der Waals surface area (Å²) in [5.74, 6) is -5.32. The largest absolute Gasteiger partial charge is 0.481 e. The molecule has 3 amide bonds. The van der Waals surface area contributed by atoms with Crippen molar-refractivity contribution in [3.63, 3.8) is 0 Å². The number of hydrogen-bond donors (Lipinski definition) is 9. The fraction of sp³-hybridized carbons (Fsp3) is 0.417. The number of fused-ring (bicyclic) bond motifs is 1. The Morgan fingerprint density at radius 3 is 2.26 bits per heavy atom. The molecule has 2 aromatic rings. The number of aliphatic carboxylic acids is 2. The molecule has 0 aliphatic carbocycles. The molecular formula is C24H34N8O7. The van der Waals surface area contributed by atoms with Gasteiger partial charge in [-0.3, -0.25) is 29.0 Å². The maximum atomic E-state index is 13.1. The smallest absolute Gasteiger partial charge is 0.325 e. The van der Waals surface area contributed by atoms with Crippen LogP contribution in [-0.2, 0) is 30.4 Å². The van der Waals surface area contributed by atoms with Gasteiger partial charge in [0.2, 0.25) is 17.7 Å². The van der Waals surface area contributed by atoms with Gasteiger partial charge in [-0.05, 0) is 31.4 Å². The van der Waals surface area contributed by atoms with Gasteiger partial charge in [-0.15, -0.1) is 0 Å². The number of aromatic nitrogens is 1. The average molecular weight is 547 g/mol. The predicted octanol–water partition coefficient (Wildman–Crippen LogP) is -1.88. The molecule has 1 heterocycles. The lowest BCUT2D eigenvalue weighted by molar-refractivity contribution is -0.143. The van der Waals surface area contributed by atoms with E-state index in [1.54, 1.807) is 18.3 Å². The van der Waals surface area contributed by atoms with Crippen LogP contribution in [0, 0.1) is 0 Å². The first-order valence-electron chi connectivity index (χ1n) is 12.1. The SMILES string of the molecule is CC(NC(=O)C(Cc1c[nH]c2ccccc12)NC(=O)C(CC(=O)O)NC(=O)C(N)CCCN=C(N)N)C(=O)O. The van der Waals surface area contributed by atoms with Crippen LogP contribution in [0.4, 0.5) is 0 Å². The number of carboxylic acids is 2. The zero-order chi connectivity index (χ0) is 29.1. The van der Waals surface area contributed by atoms with Crippen LogP contribution in [0.25, 0.3) is 10.9 Å². The van der Waals surface area contributed by atoms with Crippen LogP contribution in [-0.4, -0.2) is 81.5 Å². The lowest BCUT2D eigenvalue weighted by Crippen LogP contribution is -2.57. The van der Waals surface area contributed by atoms with E-state index in [0.717, 1.165) is 10.9 Å². The molecule has 1 aromatic carbocycles. The van der Waals surface area contributed by atoms with Gasteiger partial charge < -0.3 is 48.3 Å². The van der Waals surface area contributed by atoms with Gasteiger partial charge in [0.25, 0.3) is 0 Å². The number of aliphatic imine (C=N–C) groups is 1. The second-order valence-electron chi connectivity index (χ2n) is 8.91. The van der Waals surface area contributed by atoms with Gasteiger partial charge in [-0.1, -0.05) is 18.2 Å². The average Bonchev–Trinajstić information content (AvgIpc) is 3.27. The summed E-state index contributed by atoms with van der Waals surface area (Å²) in [6, 6.07) is 2.04. The Labute approximate surface area is 223 Å². The Balaban J connectivity index is 2.20. The predicted molar refractivity (Wildman–Crippen MR) is 141 cm³/mol. The normalized spacial score (nSPS) is 13.9. The number of carbonyl (C=O) groups excluding carboxylic acids is 3. The number of nitrogens with zero attached hydrogens (tertiary/aromatic N) is 1. The van der Waals surface area contributed by atoms with Crippen molar-refractivity contribution in [2.45, 2.75) is 56.8 Å². The van der Waals surface area contributed by atoms with Crippen LogP contribution in [0.3, 0.4) is 0 Å². The number of rotatable bonds is 15. The number of H-pyrrole nitrogens is 1. The quantitative estimate of drug-likeness (QED) is 0.0681. The number of benzene rings is 1. The number of nitrogens with two attached hydrogens (primary N) is 3. The summed E-state index contributed by atoms with van der Waals surface area (Å²) >= 11 is 0. The van der Waals surface area contributed by atoms with E-state index in [4.69, 9.17) is 17.2 Å². The van der Waals surface area contributed by atoms with Crippen molar-refractivity contribution in [3.8, 4) is 0 Å². The molecule has 15 heteroatoms. The molecule has 12 N–H and O–H groups in total. The minimum Gasteiger partial charge on any atom is -0.481 e. The highest BCUT2D eigenvalue weighted by Gasteiger charge is 2.31. The lowest BCUT2D eigenvalue weighted by Gasteiger charge is -2.24. The van der Waals surface area contributed by atoms with Crippen LogP contribution in [0.2, 0.25) is 0 Å². The molecule has 0 fully saturated rings. The molecule has 2 rings (SSSR count). The van der Waals surface area contributed by atoms with Gasteiger partial charge in [0, 0.05) is 30.1 Å². The Bertz CT molecular complexity index is 1220. The van der Waals surface area contributed by atoms with E-state index in [1.807, 2.05) is 12.1 Å². The van der Waals surface area contributed by atoms with Gasteiger partial charge in [0.05, 0.1) is 12.5 Å². The highest BCUT2D eigenvalue weighted by Crippen LogP contribution is 2.19. The number of carboxylic acid groups (broad SMARTS) is 2. The highest BCUT2D eigenvalue weighted by atomic mass is 16.4. The summed E-state index contributed by atoms with van der Waals surface area (Å²) in [6.07, 6.45) is 1.33. The molecule has 0 saturated carbocycles. The topological polar surface area (TPSA) is 268 Å². The second-order valence-corrected chi connectivity index (χ2v) is 8.91. The number of amides is 3. The molecule has 39 heavy (non-hydrogen) atoms. The van der Waals surface area contributed by atoms with Crippen molar-refractivity contribution in [3.05, 3.63) is 36.0 Å². The van der Waals surface area contributed by atoms with Crippen LogP contribution in [0.15, 0.2) is 35.5 Å². The molecule has 4 unspecified atom stereocenters. The Morgan fingerprint density at radius 2 is 1.62 bits per heavy atom. The third kappa shape index (κ3) is 9.62. The van der Waals surface area contributed by atoms with E-state index < -0.39 is 60.2 Å². The monoisotopic (exact) mass is 546 g/mol. The standard InChI is InChI=1S/C24H34N8O7/c1-12(23(38)39)30-21(36)17(9-13-11-29-16-7-3-2-5-14(13)16)32-22(37)18(10-19(33)34)31-20(35)15(25)6-4-8-28-24(26)27/h2-3,5,7,11-12,15,17-18,29H,4,6,8-10,25H2,1H3,(H,30,36)(H,31,35)(H,32,37)(H,33,34)(H,38,39)(H4,26,27,28). The molecule has 0 aliphatic heterocycles. The second kappa shape index (κ2) is 14.3. The molecule has 0 spiro atoms. The zero-order valence-electron chi connectivity index (χ0n) is 21.3. The molecule has 212 valence electrons. The summed E-state index contributed by atoms with van der Waals surface area (Å²) < 4.78 is 0. The van der Waals surface area contributed by atoms with Gasteiger partial charge in [-0.2, -0.15) is 0 Å². The minimum atomic E-state index is -1.56. The van der Waals surface area contributed by atoms with Crippen LogP contribution >= 0.6 is 0 Å². The Morgan fingerprint density at radius 1 is 0.974 bits per heavy atom. The van der Waals surface area contributed by atoms with Gasteiger partial charge >= 0.3 is 11.9 Å². The fourth-order valence-electron chi connectivity index (χ4n) is 3.69. The molecular weight excluding hydrogens is 512 g/mol. The highest BCUT2D eigenvalue weighted by molar-refractivity contribution is 5.96. The van der Waals surface area contributed by atoms with Crippen LogP contribution < -0.4 is 33.2 Å². The first-order chi connectivity index (χ1) is 18.4. The molecule has 4 atom stereocenters. The number of aromatic amines is 1. The van der Waals surface area contributed by atoms with E-state index in [9.17, 15) is 34.2 Å². The van der Waals surface area contributed by atoms with Crippen molar-refractivity contribution in [1.82, 2.24) is 20.9 Å². The number of carbonyl (C=O) groups is 5. The van der Waals surface area contributed by atoms with E-state index in [2.05, 4.69) is 25.9 Å². The molecule has 0 saturated heterocycles. The number of nitrogens with one attached hydrogen (secondary N) is 4. The first kappa shape index (κ1) is 30.6. The van der Waals surface area contributed by atoms with E-state index in [1.165, 1.54) is 6.92 Å². The van der Waals surface area contributed by atoms with Crippen molar-refractivity contribution in [1.29, 1.82) is 0 Å². The van der Waals surface area contributed by atoms with Crippen LogP contribution in [0.1, 0.15) is 31.7 Å². The van der Waals surface area contributed by atoms with Gasteiger partial charge in [-0.25, -0.2) is 0 Å². The Hall–Kier alpha value is -4.66. The third-order valence-electron chi connectivity index (χ3n) is 5.78. The van der Waals surface area contributed by atoms with E-state index >= 15 is 0 Å². The molecule has 0 radical (unpaired) electrons. The van der Waals surface area contributed by atoms with Crippen LogP contribution in [0.5, 0.6) is 0 Å². The van der Waals surface area contributed by atoms with E-state index in [-0.39, 0.29) is 25.3 Å². The minimum absolute atomic E-state index is 0.0496. The summed E-state index contributed by atoms with van der Waals surface area (Å²) in [7, 11) is 0. The van der Waals surface area contributed by atoms with Crippen molar-refractivity contribution < 1.29 is 34.2 Å². The maximum absolute atomic E-state index is 13.1. The maximum Gasteiger partial charge on any atom is 0.325 e. The fourth-order valence-corrected chi connectivity index (χ4v) is 3.69. The lowest BCUT2D eigenvalue weighted by atomic mass is 10.0. The number of guanidine groups is 1. The van der Waals surface area contributed by atoms with Crippen molar-refractivity contribution in [2.75, 3.05) is 6.54 Å². The number of hydrogen-bond acceptors (Lipinski definition) is 7. The van der Waals surface area contributed by atoms with Crippen molar-refractivity contribution in [2.24, 2.45) is 22.2 Å². The third-order valence-corrected chi connectivity index (χ3v) is 5.78. The summed E-state index contributed by atoms with van der Waals surface area (Å²) in [5.41, 5.74) is 17.8. The molecule has 1 aromatic heterocycles. The van der Waals surface area contributed by atoms with Gasteiger partial charge in [0.1, 0.15) is 18.1 Å². The summed E-state index contributed by atoms with van der Waals surface area (Å²) in [4.78, 5) is 68.2. The first-order valence-corrected chi connectivity index (χ1v) is 12.1.